The van der Waals surface area contributed by atoms with Crippen LogP contribution in [0.25, 0.3) is 11.4 Å². The summed E-state index contributed by atoms with van der Waals surface area (Å²) in [7, 11) is 0. The molecule has 0 unspecified atom stereocenters. The first-order chi connectivity index (χ1) is 14.7. The highest BCUT2D eigenvalue weighted by Gasteiger charge is 2.15. The second-order valence-electron chi connectivity index (χ2n) is 6.80. The number of benzene rings is 3. The standard InChI is InChI=1S/C24H19BrN4S/c25-22-12-10-21(11-13-22)23-27-28-24(29(23)15-14-18-4-2-1-3-5-18)30-17-20-8-6-19(16-26)7-9-20/h1-13H,14-15,17H2. The summed E-state index contributed by atoms with van der Waals surface area (Å²) in [6, 6.07) is 28.5. The first kappa shape index (κ1) is 20.4. The molecular weight excluding hydrogens is 456 g/mol. The minimum absolute atomic E-state index is 0.673. The van der Waals surface area contributed by atoms with Crippen molar-refractivity contribution in [1.82, 2.24) is 14.8 Å². The molecule has 0 spiro atoms. The van der Waals surface area contributed by atoms with Gasteiger partial charge in [0.05, 0.1) is 11.6 Å². The molecule has 4 aromatic rings. The third kappa shape index (κ3) is 4.99. The molecule has 0 aliphatic carbocycles. The molecule has 0 atom stereocenters. The number of hydrogen-bond donors (Lipinski definition) is 0. The van der Waals surface area contributed by atoms with Crippen molar-refractivity contribution in [3.8, 4) is 17.5 Å². The van der Waals surface area contributed by atoms with E-state index in [9.17, 15) is 0 Å². The molecule has 3 aromatic carbocycles. The van der Waals surface area contributed by atoms with Gasteiger partial charge in [-0.1, -0.05) is 82.3 Å². The van der Waals surface area contributed by atoms with E-state index in [-0.39, 0.29) is 0 Å². The van der Waals surface area contributed by atoms with Gasteiger partial charge in [-0.25, -0.2) is 0 Å². The van der Waals surface area contributed by atoms with Crippen LogP contribution in [0, 0.1) is 11.3 Å². The molecule has 0 aliphatic heterocycles. The zero-order valence-corrected chi connectivity index (χ0v) is 18.6. The highest BCUT2D eigenvalue weighted by Crippen LogP contribution is 2.28. The Labute approximate surface area is 188 Å². The van der Waals surface area contributed by atoms with Crippen molar-refractivity contribution < 1.29 is 0 Å². The van der Waals surface area contributed by atoms with Gasteiger partial charge in [0.1, 0.15) is 0 Å². The van der Waals surface area contributed by atoms with Crippen LogP contribution in [0.1, 0.15) is 16.7 Å². The van der Waals surface area contributed by atoms with Gasteiger partial charge in [0, 0.05) is 22.3 Å². The number of nitrogens with zero attached hydrogens (tertiary/aromatic N) is 4. The molecule has 6 heteroatoms. The lowest BCUT2D eigenvalue weighted by molar-refractivity contribution is 0.639. The zero-order chi connectivity index (χ0) is 20.8. The maximum Gasteiger partial charge on any atom is 0.191 e. The molecule has 0 N–H and O–H groups in total. The van der Waals surface area contributed by atoms with Gasteiger partial charge in [-0.2, -0.15) is 5.26 Å². The van der Waals surface area contributed by atoms with E-state index in [0.29, 0.717) is 5.56 Å². The van der Waals surface area contributed by atoms with Crippen LogP contribution in [0.2, 0.25) is 0 Å². The normalized spacial score (nSPS) is 10.7. The van der Waals surface area contributed by atoms with Crippen molar-refractivity contribution in [1.29, 1.82) is 5.26 Å². The molecule has 4 nitrogen and oxygen atoms in total. The van der Waals surface area contributed by atoms with Gasteiger partial charge >= 0.3 is 0 Å². The molecule has 0 amide bonds. The summed E-state index contributed by atoms with van der Waals surface area (Å²) in [5, 5.41) is 18.9. The van der Waals surface area contributed by atoms with Gasteiger partial charge in [0.2, 0.25) is 0 Å². The second kappa shape index (κ2) is 9.75. The van der Waals surface area contributed by atoms with Crippen LogP contribution in [0.3, 0.4) is 0 Å². The van der Waals surface area contributed by atoms with Gasteiger partial charge in [-0.15, -0.1) is 10.2 Å². The van der Waals surface area contributed by atoms with Crippen LogP contribution in [0.5, 0.6) is 0 Å². The number of halogens is 1. The predicted molar refractivity (Wildman–Crippen MR) is 124 cm³/mol. The van der Waals surface area contributed by atoms with E-state index < -0.39 is 0 Å². The minimum atomic E-state index is 0.673. The third-order valence-corrected chi connectivity index (χ3v) is 6.30. The Morgan fingerprint density at radius 3 is 2.30 bits per heavy atom. The monoisotopic (exact) mass is 474 g/mol. The van der Waals surface area contributed by atoms with Gasteiger partial charge in [-0.3, -0.25) is 0 Å². The maximum atomic E-state index is 8.97. The van der Waals surface area contributed by atoms with Crippen LogP contribution in [-0.4, -0.2) is 14.8 Å². The van der Waals surface area contributed by atoms with Gasteiger partial charge in [0.25, 0.3) is 0 Å². The van der Waals surface area contributed by atoms with Crippen molar-refractivity contribution in [3.05, 3.63) is 100 Å². The van der Waals surface area contributed by atoms with Crippen molar-refractivity contribution >= 4 is 27.7 Å². The van der Waals surface area contributed by atoms with Crippen LogP contribution in [-0.2, 0) is 18.7 Å². The molecule has 0 radical (unpaired) electrons. The molecule has 4 rings (SSSR count). The van der Waals surface area contributed by atoms with Crippen molar-refractivity contribution in [2.24, 2.45) is 0 Å². The van der Waals surface area contributed by atoms with Crippen molar-refractivity contribution in [2.45, 2.75) is 23.9 Å². The number of aromatic nitrogens is 3. The quantitative estimate of drug-likeness (QED) is 0.303. The molecule has 0 fully saturated rings. The average molecular weight is 475 g/mol. The summed E-state index contributed by atoms with van der Waals surface area (Å²) in [6.45, 7) is 0.804. The molecule has 0 saturated carbocycles. The predicted octanol–water partition coefficient (Wildman–Crippen LogP) is 6.11. The molecule has 148 valence electrons. The number of thioether (sulfide) groups is 1. The lowest BCUT2D eigenvalue weighted by atomic mass is 10.1. The Bertz CT molecular complexity index is 1150. The van der Waals surface area contributed by atoms with Gasteiger partial charge in [0.15, 0.2) is 11.0 Å². The van der Waals surface area contributed by atoms with E-state index in [2.05, 4.69) is 73.2 Å². The first-order valence-electron chi connectivity index (χ1n) is 9.58. The molecule has 0 bridgehead atoms. The highest BCUT2D eigenvalue weighted by atomic mass is 79.9. The highest BCUT2D eigenvalue weighted by molar-refractivity contribution is 9.10. The SMILES string of the molecule is N#Cc1ccc(CSc2nnc(-c3ccc(Br)cc3)n2CCc2ccccc2)cc1. The summed E-state index contributed by atoms with van der Waals surface area (Å²) in [5.41, 5.74) is 4.16. The molecule has 30 heavy (non-hydrogen) atoms. The average Bonchev–Trinajstić information content (AvgIpc) is 3.20. The second-order valence-corrected chi connectivity index (χ2v) is 8.66. The van der Waals surface area contributed by atoms with E-state index in [4.69, 9.17) is 5.26 Å². The van der Waals surface area contributed by atoms with E-state index in [1.54, 1.807) is 11.8 Å². The van der Waals surface area contributed by atoms with E-state index >= 15 is 0 Å². The number of rotatable bonds is 7. The van der Waals surface area contributed by atoms with E-state index in [1.807, 2.05) is 42.5 Å². The Kier molecular flexibility index (Phi) is 6.63. The number of nitriles is 1. The lowest BCUT2D eigenvalue weighted by Crippen LogP contribution is -2.05. The first-order valence-corrected chi connectivity index (χ1v) is 11.4. The Morgan fingerprint density at radius 1 is 0.867 bits per heavy atom. The van der Waals surface area contributed by atoms with Crippen LogP contribution < -0.4 is 0 Å². The minimum Gasteiger partial charge on any atom is -0.302 e. The van der Waals surface area contributed by atoms with Gasteiger partial charge < -0.3 is 4.57 Å². The number of hydrogen-bond acceptors (Lipinski definition) is 4. The van der Waals surface area contributed by atoms with Crippen LogP contribution in [0.15, 0.2) is 88.5 Å². The van der Waals surface area contributed by atoms with Crippen LogP contribution in [0.4, 0.5) is 0 Å². The van der Waals surface area contributed by atoms with E-state index in [1.165, 1.54) is 5.56 Å². The summed E-state index contributed by atoms with van der Waals surface area (Å²) < 4.78 is 3.24. The molecule has 1 heterocycles. The molecule has 1 aromatic heterocycles. The molecule has 0 saturated heterocycles. The summed E-state index contributed by atoms with van der Waals surface area (Å²) in [5.74, 6) is 1.65. The summed E-state index contributed by atoms with van der Waals surface area (Å²) in [6.07, 6.45) is 0.910. The largest absolute Gasteiger partial charge is 0.302 e. The fraction of sp³-hybridized carbons (Fsp3) is 0.125. The summed E-state index contributed by atoms with van der Waals surface area (Å²) in [4.78, 5) is 0. The summed E-state index contributed by atoms with van der Waals surface area (Å²) >= 11 is 5.16. The van der Waals surface area contributed by atoms with Crippen LogP contribution >= 0.6 is 27.7 Å². The lowest BCUT2D eigenvalue weighted by Gasteiger charge is -2.11. The topological polar surface area (TPSA) is 54.5 Å². The van der Waals surface area contributed by atoms with Crippen molar-refractivity contribution in [2.75, 3.05) is 0 Å². The Hall–Kier alpha value is -2.88. The molecule has 0 aliphatic rings. The fourth-order valence-corrected chi connectivity index (χ4v) is 4.30. The Morgan fingerprint density at radius 2 is 1.60 bits per heavy atom. The smallest absolute Gasteiger partial charge is 0.191 e. The van der Waals surface area contributed by atoms with Crippen molar-refractivity contribution in [3.63, 3.8) is 0 Å². The Balaban J connectivity index is 1.58. The molecular formula is C24H19BrN4S. The maximum absolute atomic E-state index is 8.97. The third-order valence-electron chi connectivity index (χ3n) is 4.74. The van der Waals surface area contributed by atoms with Gasteiger partial charge in [-0.05, 0) is 41.8 Å². The number of aryl methyl sites for hydroxylation is 1. The van der Waals surface area contributed by atoms with E-state index in [0.717, 1.165) is 45.3 Å². The zero-order valence-electron chi connectivity index (χ0n) is 16.2. The fourth-order valence-electron chi connectivity index (χ4n) is 3.12.